The smallest absolute Gasteiger partial charge is 0.313 e. The Morgan fingerprint density at radius 3 is 1.82 bits per heavy atom. The van der Waals surface area contributed by atoms with Crippen LogP contribution in [0.15, 0.2) is 40.6 Å². The van der Waals surface area contributed by atoms with Crippen molar-refractivity contribution in [3.63, 3.8) is 0 Å². The van der Waals surface area contributed by atoms with Gasteiger partial charge in [-0.05, 0) is 0 Å². The predicted octanol–water partition coefficient (Wildman–Crippen LogP) is 1.89. The molecule has 22 heavy (non-hydrogen) atoms. The first-order chi connectivity index (χ1) is 10.5. The molecule has 1 heterocycles. The maximum Gasteiger partial charge on any atom is 0.313 e. The van der Waals surface area contributed by atoms with E-state index >= 15 is 0 Å². The second-order valence-corrected chi connectivity index (χ2v) is 5.84. The standard InChI is InChI=1S/C13H11N3O4S2/c17-9(18)6-21-12-14-11(8-4-2-1-3-5-8)15-13(16-12)22-7-10(19)20/h1-5H,6-7H2,(H,17,18)(H,19,20). The molecule has 0 saturated heterocycles. The number of benzene rings is 1. The lowest BCUT2D eigenvalue weighted by Gasteiger charge is -2.05. The number of hydrogen-bond donors (Lipinski definition) is 2. The molecular weight excluding hydrogens is 326 g/mol. The van der Waals surface area contributed by atoms with Crippen LogP contribution in [0.4, 0.5) is 0 Å². The lowest BCUT2D eigenvalue weighted by molar-refractivity contribution is -0.134. The van der Waals surface area contributed by atoms with Crippen LogP contribution in [0.1, 0.15) is 0 Å². The highest BCUT2D eigenvalue weighted by Crippen LogP contribution is 2.23. The normalized spacial score (nSPS) is 10.4. The van der Waals surface area contributed by atoms with Gasteiger partial charge >= 0.3 is 11.9 Å². The number of aromatic nitrogens is 3. The summed E-state index contributed by atoms with van der Waals surface area (Å²) in [6.07, 6.45) is 0. The summed E-state index contributed by atoms with van der Waals surface area (Å²) in [4.78, 5) is 33.8. The van der Waals surface area contributed by atoms with Crippen LogP contribution in [-0.4, -0.2) is 48.6 Å². The molecule has 1 aromatic carbocycles. The second-order valence-electron chi connectivity index (χ2n) is 3.96. The molecule has 2 aromatic rings. The van der Waals surface area contributed by atoms with Crippen molar-refractivity contribution in [2.45, 2.75) is 10.3 Å². The number of carboxylic acids is 2. The SMILES string of the molecule is O=C(O)CSc1nc(SCC(=O)O)nc(-c2ccccc2)n1. The van der Waals surface area contributed by atoms with E-state index in [4.69, 9.17) is 10.2 Å². The summed E-state index contributed by atoms with van der Waals surface area (Å²) in [5, 5.41) is 18.0. The Balaban J connectivity index is 2.30. The molecule has 0 aliphatic rings. The average Bonchev–Trinajstić information content (AvgIpc) is 2.51. The lowest BCUT2D eigenvalue weighted by Crippen LogP contribution is -2.04. The van der Waals surface area contributed by atoms with Crippen LogP contribution in [0.2, 0.25) is 0 Å². The van der Waals surface area contributed by atoms with Crippen LogP contribution < -0.4 is 0 Å². The van der Waals surface area contributed by atoms with E-state index in [2.05, 4.69) is 15.0 Å². The van der Waals surface area contributed by atoms with Gasteiger partial charge in [0.15, 0.2) is 16.1 Å². The molecule has 9 heteroatoms. The van der Waals surface area contributed by atoms with E-state index in [0.29, 0.717) is 5.82 Å². The van der Waals surface area contributed by atoms with Crippen molar-refractivity contribution < 1.29 is 19.8 Å². The molecule has 0 atom stereocenters. The van der Waals surface area contributed by atoms with Gasteiger partial charge in [0, 0.05) is 5.56 Å². The Morgan fingerprint density at radius 2 is 1.36 bits per heavy atom. The molecule has 0 radical (unpaired) electrons. The Hall–Kier alpha value is -2.13. The van der Waals surface area contributed by atoms with Crippen LogP contribution in [0.3, 0.4) is 0 Å². The maximum atomic E-state index is 10.7. The molecule has 0 aliphatic carbocycles. The van der Waals surface area contributed by atoms with Gasteiger partial charge in [-0.2, -0.15) is 4.98 Å². The zero-order valence-corrected chi connectivity index (χ0v) is 12.8. The van der Waals surface area contributed by atoms with E-state index in [-0.39, 0.29) is 21.8 Å². The first-order valence-electron chi connectivity index (χ1n) is 6.05. The van der Waals surface area contributed by atoms with E-state index in [0.717, 1.165) is 29.1 Å². The molecular formula is C13H11N3O4S2. The van der Waals surface area contributed by atoms with Crippen molar-refractivity contribution in [3.8, 4) is 11.4 Å². The van der Waals surface area contributed by atoms with Gasteiger partial charge in [-0.15, -0.1) is 0 Å². The first kappa shape index (κ1) is 16.2. The van der Waals surface area contributed by atoms with Crippen molar-refractivity contribution in [1.82, 2.24) is 15.0 Å². The Bertz CT molecular complexity index is 646. The highest BCUT2D eigenvalue weighted by molar-refractivity contribution is 8.00. The van der Waals surface area contributed by atoms with Crippen molar-refractivity contribution >= 4 is 35.5 Å². The van der Waals surface area contributed by atoms with E-state index in [1.54, 1.807) is 0 Å². The molecule has 0 amide bonds. The van der Waals surface area contributed by atoms with E-state index < -0.39 is 11.9 Å². The van der Waals surface area contributed by atoms with Crippen LogP contribution in [0.5, 0.6) is 0 Å². The van der Waals surface area contributed by atoms with E-state index in [9.17, 15) is 9.59 Å². The summed E-state index contributed by atoms with van der Waals surface area (Å²) in [5.74, 6) is -1.93. The van der Waals surface area contributed by atoms with Gasteiger partial charge in [0.05, 0.1) is 11.5 Å². The minimum Gasteiger partial charge on any atom is -0.481 e. The molecule has 1 aromatic heterocycles. The zero-order valence-electron chi connectivity index (χ0n) is 11.2. The van der Waals surface area contributed by atoms with Gasteiger partial charge in [0.25, 0.3) is 0 Å². The number of rotatable bonds is 7. The summed E-state index contributed by atoms with van der Waals surface area (Å²) in [5.41, 5.74) is 0.749. The molecule has 0 saturated carbocycles. The van der Waals surface area contributed by atoms with Gasteiger partial charge in [-0.25, -0.2) is 9.97 Å². The van der Waals surface area contributed by atoms with Crippen LogP contribution in [0, 0.1) is 0 Å². The zero-order chi connectivity index (χ0) is 15.9. The van der Waals surface area contributed by atoms with Crippen LogP contribution in [-0.2, 0) is 9.59 Å². The molecule has 0 spiro atoms. The monoisotopic (exact) mass is 337 g/mol. The highest BCUT2D eigenvalue weighted by Gasteiger charge is 2.12. The average molecular weight is 337 g/mol. The fourth-order valence-corrected chi connectivity index (χ4v) is 2.60. The molecule has 7 nitrogen and oxygen atoms in total. The van der Waals surface area contributed by atoms with Gasteiger partial charge < -0.3 is 10.2 Å². The maximum absolute atomic E-state index is 10.7. The molecule has 0 bridgehead atoms. The second kappa shape index (κ2) is 7.76. The van der Waals surface area contributed by atoms with Crippen molar-refractivity contribution in [2.75, 3.05) is 11.5 Å². The van der Waals surface area contributed by atoms with Gasteiger partial charge in [-0.3, -0.25) is 9.59 Å². The fourth-order valence-electron chi connectivity index (χ4n) is 1.44. The van der Waals surface area contributed by atoms with Crippen molar-refractivity contribution in [2.24, 2.45) is 0 Å². The number of nitrogens with zero attached hydrogens (tertiary/aromatic N) is 3. The number of carboxylic acid groups (broad SMARTS) is 2. The van der Waals surface area contributed by atoms with E-state index in [1.165, 1.54) is 0 Å². The number of hydrogen-bond acceptors (Lipinski definition) is 7. The van der Waals surface area contributed by atoms with Crippen LogP contribution >= 0.6 is 23.5 Å². The molecule has 2 rings (SSSR count). The van der Waals surface area contributed by atoms with Crippen molar-refractivity contribution in [1.29, 1.82) is 0 Å². The highest BCUT2D eigenvalue weighted by atomic mass is 32.2. The molecule has 114 valence electrons. The first-order valence-corrected chi connectivity index (χ1v) is 8.02. The largest absolute Gasteiger partial charge is 0.481 e. The molecule has 0 fully saturated rings. The third-order valence-corrected chi connectivity index (χ3v) is 3.94. The van der Waals surface area contributed by atoms with Gasteiger partial charge in [-0.1, -0.05) is 53.9 Å². The lowest BCUT2D eigenvalue weighted by atomic mass is 10.2. The summed E-state index contributed by atoms with van der Waals surface area (Å²) >= 11 is 1.93. The Morgan fingerprint density at radius 1 is 0.864 bits per heavy atom. The molecule has 2 N–H and O–H groups in total. The number of carbonyl (C=O) groups is 2. The van der Waals surface area contributed by atoms with Gasteiger partial charge in [0.2, 0.25) is 0 Å². The minimum absolute atomic E-state index is 0.179. The number of aliphatic carboxylic acids is 2. The third-order valence-electron chi connectivity index (χ3n) is 2.28. The molecule has 0 aliphatic heterocycles. The third kappa shape index (κ3) is 5.01. The predicted molar refractivity (Wildman–Crippen MR) is 82.0 cm³/mol. The Kier molecular flexibility index (Phi) is 5.73. The van der Waals surface area contributed by atoms with Crippen LogP contribution in [0.25, 0.3) is 11.4 Å². The summed E-state index contributed by atoms with van der Waals surface area (Å²) < 4.78 is 0. The summed E-state index contributed by atoms with van der Waals surface area (Å²) in [7, 11) is 0. The summed E-state index contributed by atoms with van der Waals surface area (Å²) in [6.45, 7) is 0. The fraction of sp³-hybridized carbons (Fsp3) is 0.154. The minimum atomic E-state index is -0.980. The quantitative estimate of drug-likeness (QED) is 0.731. The number of thioether (sulfide) groups is 2. The van der Waals surface area contributed by atoms with E-state index in [1.807, 2.05) is 30.3 Å². The summed E-state index contributed by atoms with van der Waals surface area (Å²) in [6, 6.07) is 9.13. The van der Waals surface area contributed by atoms with Crippen molar-refractivity contribution in [3.05, 3.63) is 30.3 Å². The van der Waals surface area contributed by atoms with Gasteiger partial charge in [0.1, 0.15) is 0 Å². The topological polar surface area (TPSA) is 113 Å². The molecule has 0 unspecified atom stereocenters. The Labute approximate surface area is 134 Å².